The van der Waals surface area contributed by atoms with Gasteiger partial charge in [0.15, 0.2) is 0 Å². The summed E-state index contributed by atoms with van der Waals surface area (Å²) in [6.07, 6.45) is 7.18. The van der Waals surface area contributed by atoms with Gasteiger partial charge in [-0.05, 0) is 36.6 Å². The number of esters is 2. The summed E-state index contributed by atoms with van der Waals surface area (Å²) in [4.78, 5) is 25.2. The number of para-hydroxylation sites is 1. The van der Waals surface area contributed by atoms with E-state index in [1.807, 2.05) is 18.2 Å². The molecule has 2 rings (SSSR count). The molecule has 28 heavy (non-hydrogen) atoms. The Morgan fingerprint density at radius 1 is 0.750 bits per heavy atom. The van der Waals surface area contributed by atoms with Crippen molar-refractivity contribution < 1.29 is 19.1 Å². The molecule has 0 bridgehead atoms. The highest BCUT2D eigenvalue weighted by Gasteiger charge is 2.20. The van der Waals surface area contributed by atoms with Crippen LogP contribution in [0.5, 0.6) is 5.75 Å². The highest BCUT2D eigenvalue weighted by molar-refractivity contribution is 6.03. The standard InChI is InChI=1S/C24H30O4/c1-3-5-6-7-12-18-27-23(25)20-15-9-10-16-21(20)24(26)28-22-17-11-8-14-19(22)13-4-2/h8-11,14-17H,3-7,12-13,18H2,1-2H3. The fourth-order valence-corrected chi connectivity index (χ4v) is 3.02. The Bertz CT molecular complexity index is 767. The normalized spacial score (nSPS) is 10.5. The third-order valence-corrected chi connectivity index (χ3v) is 4.54. The van der Waals surface area contributed by atoms with E-state index in [9.17, 15) is 9.59 Å². The minimum atomic E-state index is -0.543. The summed E-state index contributed by atoms with van der Waals surface area (Å²) in [5.41, 5.74) is 1.45. The van der Waals surface area contributed by atoms with E-state index in [1.54, 1.807) is 30.3 Å². The van der Waals surface area contributed by atoms with Crippen molar-refractivity contribution in [3.63, 3.8) is 0 Å². The summed E-state index contributed by atoms with van der Waals surface area (Å²) < 4.78 is 11.0. The minimum Gasteiger partial charge on any atom is -0.462 e. The fourth-order valence-electron chi connectivity index (χ4n) is 3.02. The molecule has 0 spiro atoms. The van der Waals surface area contributed by atoms with Crippen LogP contribution < -0.4 is 4.74 Å². The van der Waals surface area contributed by atoms with Crippen LogP contribution in [-0.2, 0) is 11.2 Å². The molecule has 0 saturated heterocycles. The number of carbonyl (C=O) groups is 2. The fraction of sp³-hybridized carbons (Fsp3) is 0.417. The van der Waals surface area contributed by atoms with Crippen LogP contribution in [-0.4, -0.2) is 18.5 Å². The molecule has 0 heterocycles. The lowest BCUT2D eigenvalue weighted by atomic mass is 10.1. The zero-order chi connectivity index (χ0) is 20.2. The van der Waals surface area contributed by atoms with E-state index in [0.717, 1.165) is 37.7 Å². The van der Waals surface area contributed by atoms with Crippen molar-refractivity contribution in [2.75, 3.05) is 6.61 Å². The lowest BCUT2D eigenvalue weighted by Crippen LogP contribution is -2.16. The minimum absolute atomic E-state index is 0.227. The van der Waals surface area contributed by atoms with E-state index in [1.165, 1.54) is 12.8 Å². The Hall–Kier alpha value is -2.62. The van der Waals surface area contributed by atoms with Gasteiger partial charge in [-0.2, -0.15) is 0 Å². The molecule has 0 fully saturated rings. The SMILES string of the molecule is CCCCCCCOC(=O)c1ccccc1C(=O)Oc1ccccc1CCC. The van der Waals surface area contributed by atoms with Crippen LogP contribution in [0.25, 0.3) is 0 Å². The lowest BCUT2D eigenvalue weighted by Gasteiger charge is -2.12. The topological polar surface area (TPSA) is 52.6 Å². The lowest BCUT2D eigenvalue weighted by molar-refractivity contribution is 0.0489. The third kappa shape index (κ3) is 6.52. The van der Waals surface area contributed by atoms with E-state index in [2.05, 4.69) is 13.8 Å². The number of aryl methyl sites for hydroxylation is 1. The van der Waals surface area contributed by atoms with Crippen LogP contribution in [0, 0.1) is 0 Å². The van der Waals surface area contributed by atoms with Crippen molar-refractivity contribution in [1.29, 1.82) is 0 Å². The molecule has 0 atom stereocenters. The van der Waals surface area contributed by atoms with Gasteiger partial charge in [-0.3, -0.25) is 0 Å². The number of benzene rings is 2. The summed E-state index contributed by atoms with van der Waals surface area (Å²) in [5, 5.41) is 0. The number of rotatable bonds is 11. The second-order valence-electron chi connectivity index (χ2n) is 6.84. The maximum Gasteiger partial charge on any atom is 0.344 e. The van der Waals surface area contributed by atoms with Gasteiger partial charge in [-0.25, -0.2) is 9.59 Å². The van der Waals surface area contributed by atoms with E-state index < -0.39 is 11.9 Å². The summed E-state index contributed by atoms with van der Waals surface area (Å²) in [6, 6.07) is 14.1. The van der Waals surface area contributed by atoms with Crippen molar-refractivity contribution in [2.24, 2.45) is 0 Å². The first-order valence-electron chi connectivity index (χ1n) is 10.2. The molecule has 0 radical (unpaired) electrons. The first-order valence-corrected chi connectivity index (χ1v) is 10.2. The number of unbranched alkanes of at least 4 members (excludes halogenated alkanes) is 4. The zero-order valence-corrected chi connectivity index (χ0v) is 16.9. The van der Waals surface area contributed by atoms with Crippen molar-refractivity contribution >= 4 is 11.9 Å². The van der Waals surface area contributed by atoms with Gasteiger partial charge in [0, 0.05) is 0 Å². The maximum absolute atomic E-state index is 12.7. The summed E-state index contributed by atoms with van der Waals surface area (Å²) in [7, 11) is 0. The Kier molecular flexibility index (Phi) is 9.26. The molecule has 4 heteroatoms. The molecule has 0 amide bonds. The van der Waals surface area contributed by atoms with Crippen LogP contribution in [0.4, 0.5) is 0 Å². The zero-order valence-electron chi connectivity index (χ0n) is 16.9. The van der Waals surface area contributed by atoms with Gasteiger partial charge >= 0.3 is 11.9 Å². The molecule has 0 unspecified atom stereocenters. The predicted molar refractivity (Wildman–Crippen MR) is 111 cm³/mol. The highest BCUT2D eigenvalue weighted by Crippen LogP contribution is 2.22. The molecule has 2 aromatic rings. The van der Waals surface area contributed by atoms with E-state index in [-0.39, 0.29) is 11.1 Å². The monoisotopic (exact) mass is 382 g/mol. The summed E-state index contributed by atoms with van der Waals surface area (Å²) >= 11 is 0. The quantitative estimate of drug-likeness (QED) is 0.272. The Morgan fingerprint density at radius 3 is 2.11 bits per heavy atom. The average molecular weight is 383 g/mol. The molecule has 2 aromatic carbocycles. The van der Waals surface area contributed by atoms with Crippen LogP contribution in [0.1, 0.15) is 78.7 Å². The van der Waals surface area contributed by atoms with E-state index >= 15 is 0 Å². The molecule has 0 N–H and O–H groups in total. The Labute approximate surface area is 167 Å². The van der Waals surface area contributed by atoms with Crippen LogP contribution >= 0.6 is 0 Å². The molecule has 0 aliphatic heterocycles. The molecule has 150 valence electrons. The van der Waals surface area contributed by atoms with Crippen LogP contribution in [0.15, 0.2) is 48.5 Å². The maximum atomic E-state index is 12.7. The molecular formula is C24H30O4. The number of hydrogen-bond acceptors (Lipinski definition) is 4. The number of ether oxygens (including phenoxy) is 2. The Balaban J connectivity index is 2.02. The van der Waals surface area contributed by atoms with Gasteiger partial charge in [0.05, 0.1) is 17.7 Å². The molecular weight excluding hydrogens is 352 g/mol. The van der Waals surface area contributed by atoms with Gasteiger partial charge in [-0.1, -0.05) is 76.3 Å². The van der Waals surface area contributed by atoms with E-state index in [4.69, 9.17) is 9.47 Å². The first kappa shape index (κ1) is 21.7. The average Bonchev–Trinajstić information content (AvgIpc) is 2.72. The molecule has 0 aromatic heterocycles. The van der Waals surface area contributed by atoms with Gasteiger partial charge < -0.3 is 9.47 Å². The van der Waals surface area contributed by atoms with Gasteiger partial charge in [0.2, 0.25) is 0 Å². The molecule has 4 nitrogen and oxygen atoms in total. The van der Waals surface area contributed by atoms with Crippen LogP contribution in [0.2, 0.25) is 0 Å². The third-order valence-electron chi connectivity index (χ3n) is 4.54. The largest absolute Gasteiger partial charge is 0.462 e. The van der Waals surface area contributed by atoms with Crippen molar-refractivity contribution in [3.8, 4) is 5.75 Å². The smallest absolute Gasteiger partial charge is 0.344 e. The number of carbonyl (C=O) groups excluding carboxylic acids is 2. The van der Waals surface area contributed by atoms with Crippen molar-refractivity contribution in [3.05, 3.63) is 65.2 Å². The van der Waals surface area contributed by atoms with Gasteiger partial charge in [0.1, 0.15) is 5.75 Å². The molecule has 0 aliphatic carbocycles. The molecule has 0 aliphatic rings. The Morgan fingerprint density at radius 2 is 1.39 bits per heavy atom. The van der Waals surface area contributed by atoms with Gasteiger partial charge in [-0.15, -0.1) is 0 Å². The second-order valence-corrected chi connectivity index (χ2v) is 6.84. The molecule has 0 saturated carbocycles. The van der Waals surface area contributed by atoms with E-state index in [0.29, 0.717) is 12.4 Å². The predicted octanol–water partition coefficient (Wildman–Crippen LogP) is 5.99. The first-order chi connectivity index (χ1) is 13.7. The van der Waals surface area contributed by atoms with Crippen LogP contribution in [0.3, 0.4) is 0 Å². The van der Waals surface area contributed by atoms with Crippen molar-refractivity contribution in [1.82, 2.24) is 0 Å². The second kappa shape index (κ2) is 12.0. The summed E-state index contributed by atoms with van der Waals surface area (Å²) in [6.45, 7) is 4.61. The number of hydrogen-bond donors (Lipinski definition) is 0. The van der Waals surface area contributed by atoms with Gasteiger partial charge in [0.25, 0.3) is 0 Å². The highest BCUT2D eigenvalue weighted by atomic mass is 16.5. The summed E-state index contributed by atoms with van der Waals surface area (Å²) in [5.74, 6) is -0.489. The van der Waals surface area contributed by atoms with Crippen molar-refractivity contribution in [2.45, 2.75) is 58.8 Å².